The number of likely N-dealkylation sites (tertiary alicyclic amines) is 1. The minimum Gasteiger partial charge on any atom is -0.490 e. The van der Waals surface area contributed by atoms with Crippen LogP contribution in [0.2, 0.25) is 0 Å². The lowest BCUT2D eigenvalue weighted by Gasteiger charge is -2.27. The number of nitro groups is 1. The maximum Gasteiger partial charge on any atom is 0.310 e. The lowest BCUT2D eigenvalue weighted by molar-refractivity contribution is -0.385. The quantitative estimate of drug-likeness (QED) is 0.633. The number of benzene rings is 1. The van der Waals surface area contributed by atoms with Gasteiger partial charge in [0.1, 0.15) is 0 Å². The molecule has 0 spiro atoms. The Bertz CT molecular complexity index is 585. The zero-order chi connectivity index (χ0) is 15.4. The van der Waals surface area contributed by atoms with E-state index in [4.69, 9.17) is 4.74 Å². The molecular weight excluding hydrogens is 272 g/mol. The maximum absolute atomic E-state index is 11.3. The Morgan fingerprint density at radius 2 is 2.05 bits per heavy atom. The van der Waals surface area contributed by atoms with Crippen molar-refractivity contribution in [1.82, 2.24) is 4.90 Å². The Hall–Kier alpha value is -2.37. The zero-order valence-electron chi connectivity index (χ0n) is 12.2. The smallest absolute Gasteiger partial charge is 0.310 e. The van der Waals surface area contributed by atoms with E-state index in [0.717, 1.165) is 31.5 Å². The molecule has 1 amide bonds. The summed E-state index contributed by atoms with van der Waals surface area (Å²) >= 11 is 0. The Balaban J connectivity index is 2.15. The minimum absolute atomic E-state index is 0.0361. The van der Waals surface area contributed by atoms with Crippen molar-refractivity contribution in [2.45, 2.75) is 19.8 Å². The van der Waals surface area contributed by atoms with Crippen LogP contribution in [-0.4, -0.2) is 35.9 Å². The van der Waals surface area contributed by atoms with E-state index in [1.807, 2.05) is 11.0 Å². The van der Waals surface area contributed by atoms with Gasteiger partial charge in [-0.2, -0.15) is 0 Å². The molecule has 0 aliphatic carbocycles. The highest BCUT2D eigenvalue weighted by Gasteiger charge is 2.17. The van der Waals surface area contributed by atoms with Crippen molar-refractivity contribution in [1.29, 1.82) is 0 Å². The summed E-state index contributed by atoms with van der Waals surface area (Å²) in [5, 5.41) is 10.9. The van der Waals surface area contributed by atoms with Gasteiger partial charge in [0.2, 0.25) is 5.91 Å². The molecule has 0 N–H and O–H groups in total. The molecule has 1 aliphatic rings. The Morgan fingerprint density at radius 3 is 2.57 bits per heavy atom. The van der Waals surface area contributed by atoms with Gasteiger partial charge >= 0.3 is 5.69 Å². The topological polar surface area (TPSA) is 72.7 Å². The Labute approximate surface area is 123 Å². The molecule has 0 aromatic heterocycles. The fourth-order valence-electron chi connectivity index (χ4n) is 2.42. The first-order valence-electron chi connectivity index (χ1n) is 6.78. The highest BCUT2D eigenvalue weighted by Crippen LogP contribution is 2.29. The molecule has 1 heterocycles. The van der Waals surface area contributed by atoms with Gasteiger partial charge in [0.25, 0.3) is 0 Å². The van der Waals surface area contributed by atoms with Crippen LogP contribution in [0, 0.1) is 10.1 Å². The maximum atomic E-state index is 11.3. The molecule has 1 fully saturated rings. The van der Waals surface area contributed by atoms with Crippen LogP contribution in [0.4, 0.5) is 5.69 Å². The third-order valence-electron chi connectivity index (χ3n) is 3.62. The summed E-state index contributed by atoms with van der Waals surface area (Å²) in [5.41, 5.74) is 2.08. The van der Waals surface area contributed by atoms with E-state index < -0.39 is 4.92 Å². The standard InChI is InChI=1S/C15H18N2O4/c1-11(18)16-7-5-12(6-8-16)9-13-3-4-14(17(19)20)15(10-13)21-2/h3-4,9-10H,5-8H2,1-2H3. The Morgan fingerprint density at radius 1 is 1.38 bits per heavy atom. The summed E-state index contributed by atoms with van der Waals surface area (Å²) in [5.74, 6) is 0.363. The van der Waals surface area contributed by atoms with E-state index >= 15 is 0 Å². The van der Waals surface area contributed by atoms with Crippen molar-refractivity contribution < 1.29 is 14.5 Å². The normalized spacial score (nSPS) is 14.8. The van der Waals surface area contributed by atoms with Crippen molar-refractivity contribution >= 4 is 17.7 Å². The van der Waals surface area contributed by atoms with Crippen molar-refractivity contribution in [3.05, 3.63) is 39.4 Å². The van der Waals surface area contributed by atoms with E-state index in [2.05, 4.69) is 0 Å². The van der Waals surface area contributed by atoms with Gasteiger partial charge in [-0.1, -0.05) is 11.6 Å². The van der Waals surface area contributed by atoms with Gasteiger partial charge in [-0.3, -0.25) is 14.9 Å². The van der Waals surface area contributed by atoms with Gasteiger partial charge in [0.15, 0.2) is 5.75 Å². The molecule has 1 aromatic carbocycles. The third kappa shape index (κ3) is 3.59. The van der Waals surface area contributed by atoms with E-state index in [9.17, 15) is 14.9 Å². The predicted octanol–water partition coefficient (Wildman–Crippen LogP) is 2.63. The van der Waals surface area contributed by atoms with Crippen LogP contribution in [0.3, 0.4) is 0 Å². The van der Waals surface area contributed by atoms with Crippen molar-refractivity contribution in [3.63, 3.8) is 0 Å². The number of carbonyl (C=O) groups is 1. The number of rotatable bonds is 3. The minimum atomic E-state index is -0.457. The summed E-state index contributed by atoms with van der Waals surface area (Å²) < 4.78 is 5.06. The Kier molecular flexibility index (Phi) is 4.57. The van der Waals surface area contributed by atoms with Crippen LogP contribution < -0.4 is 4.74 Å². The number of amides is 1. The number of carbonyl (C=O) groups excluding carboxylic acids is 1. The third-order valence-corrected chi connectivity index (χ3v) is 3.62. The number of hydrogen-bond acceptors (Lipinski definition) is 4. The molecule has 0 bridgehead atoms. The summed E-state index contributed by atoms with van der Waals surface area (Å²) in [4.78, 5) is 23.5. The molecule has 112 valence electrons. The second-order valence-corrected chi connectivity index (χ2v) is 5.00. The predicted molar refractivity (Wildman–Crippen MR) is 79.1 cm³/mol. The number of hydrogen-bond donors (Lipinski definition) is 0. The number of methoxy groups -OCH3 is 1. The fourth-order valence-corrected chi connectivity index (χ4v) is 2.42. The molecular formula is C15H18N2O4. The molecule has 1 aromatic rings. The van der Waals surface area contributed by atoms with Crippen molar-refractivity contribution in [2.75, 3.05) is 20.2 Å². The van der Waals surface area contributed by atoms with E-state index in [-0.39, 0.29) is 17.3 Å². The molecule has 2 rings (SSSR count). The summed E-state index contributed by atoms with van der Waals surface area (Å²) in [7, 11) is 1.42. The molecule has 0 unspecified atom stereocenters. The molecule has 6 heteroatoms. The van der Waals surface area contributed by atoms with E-state index in [0.29, 0.717) is 0 Å². The molecule has 21 heavy (non-hydrogen) atoms. The average Bonchev–Trinajstić information content (AvgIpc) is 2.47. The first-order valence-corrected chi connectivity index (χ1v) is 6.78. The lowest BCUT2D eigenvalue weighted by Crippen LogP contribution is -2.34. The average molecular weight is 290 g/mol. The largest absolute Gasteiger partial charge is 0.490 e. The van der Waals surface area contributed by atoms with Crippen molar-refractivity contribution in [2.24, 2.45) is 0 Å². The molecule has 0 radical (unpaired) electrons. The van der Waals surface area contributed by atoms with Crippen LogP contribution >= 0.6 is 0 Å². The number of nitro benzene ring substituents is 1. The SMILES string of the molecule is COc1cc(C=C2CCN(C(C)=O)CC2)ccc1[N+](=O)[O-]. The number of ether oxygens (including phenoxy) is 1. The van der Waals surface area contributed by atoms with Gasteiger partial charge < -0.3 is 9.64 Å². The first kappa shape index (κ1) is 15.0. The van der Waals surface area contributed by atoms with Crippen LogP contribution in [0.1, 0.15) is 25.3 Å². The molecule has 0 saturated carbocycles. The second-order valence-electron chi connectivity index (χ2n) is 5.00. The number of piperidine rings is 1. The zero-order valence-corrected chi connectivity index (χ0v) is 12.2. The summed E-state index contributed by atoms with van der Waals surface area (Å²) in [6.07, 6.45) is 3.68. The number of nitrogens with zero attached hydrogens (tertiary/aromatic N) is 2. The monoisotopic (exact) mass is 290 g/mol. The first-order chi connectivity index (χ1) is 10.0. The van der Waals surface area contributed by atoms with E-state index in [1.165, 1.54) is 18.7 Å². The van der Waals surface area contributed by atoms with Gasteiger partial charge in [-0.05, 0) is 30.5 Å². The molecule has 0 atom stereocenters. The highest BCUT2D eigenvalue weighted by atomic mass is 16.6. The highest BCUT2D eigenvalue weighted by molar-refractivity contribution is 5.73. The lowest BCUT2D eigenvalue weighted by atomic mass is 10.0. The van der Waals surface area contributed by atoms with Gasteiger partial charge in [-0.25, -0.2) is 0 Å². The van der Waals surface area contributed by atoms with Crippen LogP contribution in [0.25, 0.3) is 6.08 Å². The van der Waals surface area contributed by atoms with E-state index in [1.54, 1.807) is 19.1 Å². The van der Waals surface area contributed by atoms with Gasteiger partial charge in [0.05, 0.1) is 12.0 Å². The van der Waals surface area contributed by atoms with Gasteiger partial charge in [0, 0.05) is 26.1 Å². The second kappa shape index (κ2) is 6.39. The van der Waals surface area contributed by atoms with Crippen LogP contribution in [0.15, 0.2) is 23.8 Å². The molecule has 6 nitrogen and oxygen atoms in total. The van der Waals surface area contributed by atoms with Gasteiger partial charge in [-0.15, -0.1) is 0 Å². The summed E-state index contributed by atoms with van der Waals surface area (Å²) in [6, 6.07) is 4.84. The van der Waals surface area contributed by atoms with Crippen LogP contribution in [0.5, 0.6) is 5.75 Å². The molecule has 1 saturated heterocycles. The summed E-state index contributed by atoms with van der Waals surface area (Å²) in [6.45, 7) is 3.03. The molecule has 1 aliphatic heterocycles. The fraction of sp³-hybridized carbons (Fsp3) is 0.400. The van der Waals surface area contributed by atoms with Crippen molar-refractivity contribution in [3.8, 4) is 5.75 Å². The van der Waals surface area contributed by atoms with Crippen LogP contribution in [-0.2, 0) is 4.79 Å².